The molecule has 8 heteroatoms. The molecule has 1 atom stereocenters. The molecule has 0 spiro atoms. The highest BCUT2D eigenvalue weighted by molar-refractivity contribution is 7.13. The SMILES string of the molecule is Cc1csc(C(=O)N[C@H](CC(N)=O)C(=O)O)c1Cl. The molecule has 0 saturated carbocycles. The van der Waals surface area contributed by atoms with E-state index in [1.165, 1.54) is 0 Å². The van der Waals surface area contributed by atoms with E-state index in [0.29, 0.717) is 0 Å². The van der Waals surface area contributed by atoms with E-state index in [4.69, 9.17) is 22.4 Å². The number of carboxylic acid groups (broad SMARTS) is 1. The first-order valence-electron chi connectivity index (χ1n) is 4.88. The Balaban J connectivity index is 2.82. The summed E-state index contributed by atoms with van der Waals surface area (Å²) in [6.07, 6.45) is -0.469. The number of hydrogen-bond donors (Lipinski definition) is 3. The van der Waals surface area contributed by atoms with Gasteiger partial charge in [-0.2, -0.15) is 0 Å². The average molecular weight is 291 g/mol. The quantitative estimate of drug-likeness (QED) is 0.744. The Hall–Kier alpha value is -1.60. The minimum Gasteiger partial charge on any atom is -0.480 e. The van der Waals surface area contributed by atoms with Crippen LogP contribution in [0.15, 0.2) is 5.38 Å². The molecular formula is C10H11ClN2O4S. The van der Waals surface area contributed by atoms with E-state index in [9.17, 15) is 14.4 Å². The summed E-state index contributed by atoms with van der Waals surface area (Å²) >= 11 is 6.99. The van der Waals surface area contributed by atoms with Crippen molar-refractivity contribution >= 4 is 40.7 Å². The average Bonchev–Trinajstić information content (AvgIpc) is 2.58. The molecule has 0 radical (unpaired) electrons. The standard InChI is InChI=1S/C10H11ClN2O4S/c1-4-3-18-8(7(4)11)9(15)13-5(10(16)17)2-6(12)14/h3,5H,2H2,1H3,(H2,12,14)(H,13,15)(H,16,17)/t5-/m1/s1. The summed E-state index contributed by atoms with van der Waals surface area (Å²) in [7, 11) is 0. The van der Waals surface area contributed by atoms with Crippen LogP contribution in [0.5, 0.6) is 0 Å². The zero-order valence-corrected chi connectivity index (χ0v) is 11.0. The van der Waals surface area contributed by atoms with Gasteiger partial charge >= 0.3 is 5.97 Å². The Kier molecular flexibility index (Phi) is 4.69. The third-order valence-electron chi connectivity index (χ3n) is 2.11. The molecule has 0 bridgehead atoms. The number of primary amides is 1. The number of halogens is 1. The van der Waals surface area contributed by atoms with Crippen molar-refractivity contribution in [1.29, 1.82) is 0 Å². The van der Waals surface area contributed by atoms with E-state index in [1.54, 1.807) is 12.3 Å². The van der Waals surface area contributed by atoms with Crippen molar-refractivity contribution in [3.8, 4) is 0 Å². The van der Waals surface area contributed by atoms with E-state index < -0.39 is 30.2 Å². The Morgan fingerprint density at radius 2 is 2.17 bits per heavy atom. The topological polar surface area (TPSA) is 109 Å². The van der Waals surface area contributed by atoms with Crippen LogP contribution in [-0.2, 0) is 9.59 Å². The molecule has 1 rings (SSSR count). The lowest BCUT2D eigenvalue weighted by Gasteiger charge is -2.12. The number of nitrogens with two attached hydrogens (primary N) is 1. The highest BCUT2D eigenvalue weighted by atomic mass is 35.5. The number of aliphatic carboxylic acids is 1. The maximum atomic E-state index is 11.8. The molecule has 2 amide bonds. The summed E-state index contributed by atoms with van der Waals surface area (Å²) in [6.45, 7) is 1.73. The highest BCUT2D eigenvalue weighted by Crippen LogP contribution is 2.26. The van der Waals surface area contributed by atoms with Crippen molar-refractivity contribution in [3.63, 3.8) is 0 Å². The zero-order chi connectivity index (χ0) is 13.9. The van der Waals surface area contributed by atoms with E-state index >= 15 is 0 Å². The summed E-state index contributed by atoms with van der Waals surface area (Å²) in [4.78, 5) is 33.5. The number of carboxylic acids is 1. The highest BCUT2D eigenvalue weighted by Gasteiger charge is 2.24. The van der Waals surface area contributed by atoms with Crippen molar-refractivity contribution in [2.24, 2.45) is 5.73 Å². The lowest BCUT2D eigenvalue weighted by molar-refractivity contribution is -0.140. The minimum absolute atomic E-state index is 0.213. The zero-order valence-electron chi connectivity index (χ0n) is 9.40. The maximum absolute atomic E-state index is 11.8. The van der Waals surface area contributed by atoms with Crippen LogP contribution >= 0.6 is 22.9 Å². The largest absolute Gasteiger partial charge is 0.480 e. The lowest BCUT2D eigenvalue weighted by Crippen LogP contribution is -2.43. The van der Waals surface area contributed by atoms with Gasteiger partial charge < -0.3 is 16.2 Å². The summed E-state index contributed by atoms with van der Waals surface area (Å²) in [6, 6.07) is -1.35. The number of thiophene rings is 1. The van der Waals surface area contributed by atoms with Gasteiger partial charge in [-0.15, -0.1) is 11.3 Å². The predicted octanol–water partition coefficient (Wildman–Crippen LogP) is 0.768. The van der Waals surface area contributed by atoms with Crippen LogP contribution in [0.3, 0.4) is 0 Å². The summed E-state index contributed by atoms with van der Waals surface area (Å²) in [5.41, 5.74) is 5.63. The number of carbonyl (C=O) groups is 3. The molecule has 0 aliphatic heterocycles. The van der Waals surface area contributed by atoms with Crippen molar-refractivity contribution in [2.75, 3.05) is 0 Å². The first-order valence-corrected chi connectivity index (χ1v) is 6.14. The number of carbonyl (C=O) groups excluding carboxylic acids is 2. The van der Waals surface area contributed by atoms with E-state index in [1.807, 2.05) is 0 Å². The molecule has 1 aromatic heterocycles. The van der Waals surface area contributed by atoms with Gasteiger partial charge in [-0.3, -0.25) is 9.59 Å². The number of nitrogens with one attached hydrogen (secondary N) is 1. The molecule has 0 fully saturated rings. The normalized spacial score (nSPS) is 11.9. The van der Waals surface area contributed by atoms with Gasteiger partial charge in [0, 0.05) is 0 Å². The number of rotatable bonds is 5. The minimum atomic E-state index is -1.35. The molecule has 1 aromatic rings. The third-order valence-corrected chi connectivity index (χ3v) is 3.81. The fourth-order valence-electron chi connectivity index (χ4n) is 1.21. The van der Waals surface area contributed by atoms with Crippen LogP contribution < -0.4 is 11.1 Å². The smallest absolute Gasteiger partial charge is 0.326 e. The molecule has 0 aliphatic rings. The fraction of sp³-hybridized carbons (Fsp3) is 0.300. The summed E-state index contributed by atoms with van der Waals surface area (Å²) in [5, 5.41) is 13.0. The van der Waals surface area contributed by atoms with E-state index in [-0.39, 0.29) is 9.90 Å². The van der Waals surface area contributed by atoms with Gasteiger partial charge in [0.25, 0.3) is 5.91 Å². The molecule has 0 aliphatic carbocycles. The second-order valence-electron chi connectivity index (χ2n) is 3.60. The van der Waals surface area contributed by atoms with Gasteiger partial charge in [0.1, 0.15) is 10.9 Å². The number of amides is 2. The molecule has 4 N–H and O–H groups in total. The summed E-state index contributed by atoms with van der Waals surface area (Å²) < 4.78 is 0. The van der Waals surface area contributed by atoms with E-state index in [0.717, 1.165) is 16.9 Å². The fourth-order valence-corrected chi connectivity index (χ4v) is 2.39. The summed E-state index contributed by atoms with van der Waals surface area (Å²) in [5.74, 6) is -2.77. The van der Waals surface area contributed by atoms with Gasteiger partial charge in [0.05, 0.1) is 11.4 Å². The molecule has 0 saturated heterocycles. The van der Waals surface area contributed by atoms with Crippen molar-refractivity contribution in [3.05, 3.63) is 20.8 Å². The Bertz CT molecular complexity index is 500. The molecule has 18 heavy (non-hydrogen) atoms. The number of hydrogen-bond acceptors (Lipinski definition) is 4. The van der Waals surface area contributed by atoms with Gasteiger partial charge in [-0.05, 0) is 17.9 Å². The monoisotopic (exact) mass is 290 g/mol. The van der Waals surface area contributed by atoms with Gasteiger partial charge in [0.15, 0.2) is 0 Å². The second-order valence-corrected chi connectivity index (χ2v) is 4.85. The van der Waals surface area contributed by atoms with Crippen molar-refractivity contribution < 1.29 is 19.5 Å². The van der Waals surface area contributed by atoms with Gasteiger partial charge in [-0.1, -0.05) is 11.6 Å². The molecule has 6 nitrogen and oxygen atoms in total. The van der Waals surface area contributed by atoms with Crippen LogP contribution in [0, 0.1) is 6.92 Å². The lowest BCUT2D eigenvalue weighted by atomic mass is 10.2. The Morgan fingerprint density at radius 1 is 1.56 bits per heavy atom. The van der Waals surface area contributed by atoms with Crippen LogP contribution in [0.2, 0.25) is 5.02 Å². The number of aryl methyl sites for hydroxylation is 1. The first-order chi connectivity index (χ1) is 8.32. The third kappa shape index (κ3) is 3.44. The van der Waals surface area contributed by atoms with Crippen LogP contribution in [0.1, 0.15) is 21.7 Å². The molecule has 0 aromatic carbocycles. The van der Waals surface area contributed by atoms with Crippen molar-refractivity contribution in [1.82, 2.24) is 5.32 Å². The second kappa shape index (κ2) is 5.83. The Morgan fingerprint density at radius 3 is 2.56 bits per heavy atom. The van der Waals surface area contributed by atoms with Crippen LogP contribution in [0.4, 0.5) is 0 Å². The van der Waals surface area contributed by atoms with Gasteiger partial charge in [0.2, 0.25) is 5.91 Å². The Labute approximate surface area is 112 Å². The predicted molar refractivity (Wildman–Crippen MR) is 66.8 cm³/mol. The van der Waals surface area contributed by atoms with Crippen molar-refractivity contribution in [2.45, 2.75) is 19.4 Å². The van der Waals surface area contributed by atoms with E-state index in [2.05, 4.69) is 5.32 Å². The maximum Gasteiger partial charge on any atom is 0.326 e. The molecule has 0 unspecified atom stereocenters. The van der Waals surface area contributed by atoms with Crippen LogP contribution in [0.25, 0.3) is 0 Å². The molecule has 1 heterocycles. The first kappa shape index (κ1) is 14.5. The van der Waals surface area contributed by atoms with Crippen LogP contribution in [-0.4, -0.2) is 28.9 Å². The molecular weight excluding hydrogens is 280 g/mol. The van der Waals surface area contributed by atoms with Gasteiger partial charge in [-0.25, -0.2) is 4.79 Å². The molecule has 98 valence electrons.